The number of hydrogen-bond acceptors (Lipinski definition) is 3. The molecule has 3 atom stereocenters. The number of rotatable bonds is 4. The van der Waals surface area contributed by atoms with Crippen LogP contribution in [0.4, 0.5) is 13.2 Å². The summed E-state index contributed by atoms with van der Waals surface area (Å²) < 4.78 is 38.0. The Bertz CT molecular complexity index is 688. The van der Waals surface area contributed by atoms with Crippen LogP contribution < -0.4 is 5.32 Å². The summed E-state index contributed by atoms with van der Waals surface area (Å²) in [7, 11) is 1.46. The third kappa shape index (κ3) is 3.92. The molecule has 0 unspecified atom stereocenters. The summed E-state index contributed by atoms with van der Waals surface area (Å²) in [5.74, 6) is -3.07. The lowest BCUT2D eigenvalue weighted by atomic mass is 9.92. The van der Waals surface area contributed by atoms with E-state index in [9.17, 15) is 27.6 Å². The summed E-state index contributed by atoms with van der Waals surface area (Å²) in [6.45, 7) is 1.29. The summed E-state index contributed by atoms with van der Waals surface area (Å²) in [5, 5.41) is 11.2. The van der Waals surface area contributed by atoms with Gasteiger partial charge in [-0.1, -0.05) is 12.1 Å². The van der Waals surface area contributed by atoms with Crippen molar-refractivity contribution >= 4 is 17.8 Å². The minimum atomic E-state index is -4.48. The number of benzene rings is 1. The topological polar surface area (TPSA) is 86.7 Å². The van der Waals surface area contributed by atoms with Gasteiger partial charge in [-0.2, -0.15) is 13.2 Å². The van der Waals surface area contributed by atoms with E-state index in [0.29, 0.717) is 5.56 Å². The fraction of sp³-hybridized carbons (Fsp3) is 0.438. The SMILES string of the molecule is C[C@H](NC(=O)[C@H]1CC(=O)N(C)[C@H]1c1ccc(C(F)(F)F)cc1)C(=O)O. The molecule has 2 rings (SSSR count). The van der Waals surface area contributed by atoms with Crippen molar-refractivity contribution in [3.05, 3.63) is 35.4 Å². The molecule has 6 nitrogen and oxygen atoms in total. The van der Waals surface area contributed by atoms with Gasteiger partial charge in [0.2, 0.25) is 11.8 Å². The van der Waals surface area contributed by atoms with Crippen molar-refractivity contribution in [1.29, 1.82) is 0 Å². The van der Waals surface area contributed by atoms with Crippen LogP contribution in [0.1, 0.15) is 30.5 Å². The van der Waals surface area contributed by atoms with Crippen molar-refractivity contribution in [3.8, 4) is 0 Å². The van der Waals surface area contributed by atoms with Gasteiger partial charge in [0.15, 0.2) is 0 Å². The van der Waals surface area contributed by atoms with Crippen LogP contribution in [0.25, 0.3) is 0 Å². The fourth-order valence-electron chi connectivity index (χ4n) is 2.81. The molecule has 1 fully saturated rings. The molecule has 136 valence electrons. The highest BCUT2D eigenvalue weighted by molar-refractivity contribution is 5.92. The molecule has 0 aromatic heterocycles. The molecule has 9 heteroatoms. The standard InChI is InChI=1S/C16H17F3N2O4/c1-8(15(24)25)20-14(23)11-7-12(22)21(2)13(11)9-3-5-10(6-4-9)16(17,18)19/h3-6,8,11,13H,7H2,1-2H3,(H,20,23)(H,24,25)/t8-,11-,13-/m0/s1. The summed E-state index contributed by atoms with van der Waals surface area (Å²) in [6, 6.07) is 2.34. The van der Waals surface area contributed by atoms with E-state index in [-0.39, 0.29) is 12.3 Å². The molecule has 1 heterocycles. The maximum Gasteiger partial charge on any atom is 0.416 e. The lowest BCUT2D eigenvalue weighted by molar-refractivity contribution is -0.142. The van der Waals surface area contributed by atoms with Gasteiger partial charge in [0, 0.05) is 13.5 Å². The number of carboxylic acids is 1. The van der Waals surface area contributed by atoms with Gasteiger partial charge < -0.3 is 15.3 Å². The lowest BCUT2D eigenvalue weighted by Gasteiger charge is -2.25. The van der Waals surface area contributed by atoms with Gasteiger partial charge in [-0.15, -0.1) is 0 Å². The van der Waals surface area contributed by atoms with E-state index in [2.05, 4.69) is 5.32 Å². The van der Waals surface area contributed by atoms with Gasteiger partial charge in [0.05, 0.1) is 17.5 Å². The van der Waals surface area contributed by atoms with Crippen molar-refractivity contribution in [3.63, 3.8) is 0 Å². The smallest absolute Gasteiger partial charge is 0.416 e. The van der Waals surface area contributed by atoms with Crippen LogP contribution >= 0.6 is 0 Å². The van der Waals surface area contributed by atoms with Crippen LogP contribution in [0.15, 0.2) is 24.3 Å². The number of carboxylic acid groups (broad SMARTS) is 1. The highest BCUT2D eigenvalue weighted by Gasteiger charge is 2.43. The van der Waals surface area contributed by atoms with E-state index >= 15 is 0 Å². The van der Waals surface area contributed by atoms with E-state index in [4.69, 9.17) is 5.11 Å². The van der Waals surface area contributed by atoms with E-state index in [1.54, 1.807) is 0 Å². The molecule has 0 spiro atoms. The average molecular weight is 358 g/mol. The van der Waals surface area contributed by atoms with Gasteiger partial charge in [-0.05, 0) is 24.6 Å². The number of halogens is 3. The van der Waals surface area contributed by atoms with Crippen molar-refractivity contribution in [2.45, 2.75) is 31.6 Å². The highest BCUT2D eigenvalue weighted by Crippen LogP contribution is 2.38. The van der Waals surface area contributed by atoms with Crippen molar-refractivity contribution in [1.82, 2.24) is 10.2 Å². The minimum absolute atomic E-state index is 0.139. The normalized spacial score (nSPS) is 22.0. The van der Waals surface area contributed by atoms with E-state index in [0.717, 1.165) is 12.1 Å². The van der Waals surface area contributed by atoms with Gasteiger partial charge in [0.25, 0.3) is 0 Å². The summed E-state index contributed by atoms with van der Waals surface area (Å²) >= 11 is 0. The van der Waals surface area contributed by atoms with Gasteiger partial charge >= 0.3 is 12.1 Å². The number of likely N-dealkylation sites (tertiary alicyclic amines) is 1. The molecule has 0 radical (unpaired) electrons. The van der Waals surface area contributed by atoms with Crippen LogP contribution in [-0.2, 0) is 20.6 Å². The zero-order chi connectivity index (χ0) is 18.9. The van der Waals surface area contributed by atoms with E-state index in [1.807, 2.05) is 0 Å². The second-order valence-electron chi connectivity index (χ2n) is 5.95. The van der Waals surface area contributed by atoms with Crippen LogP contribution in [-0.4, -0.2) is 40.9 Å². The number of nitrogens with one attached hydrogen (secondary N) is 1. The Labute approximate surface area is 141 Å². The van der Waals surface area contributed by atoms with Gasteiger partial charge in [-0.25, -0.2) is 0 Å². The quantitative estimate of drug-likeness (QED) is 0.860. The maximum atomic E-state index is 12.7. The number of hydrogen-bond donors (Lipinski definition) is 2. The monoisotopic (exact) mass is 358 g/mol. The Morgan fingerprint density at radius 1 is 1.28 bits per heavy atom. The molecule has 0 aliphatic carbocycles. The zero-order valence-electron chi connectivity index (χ0n) is 13.5. The zero-order valence-corrected chi connectivity index (χ0v) is 13.5. The van der Waals surface area contributed by atoms with E-state index < -0.39 is 41.6 Å². The molecule has 25 heavy (non-hydrogen) atoms. The summed E-state index contributed by atoms with van der Waals surface area (Å²) in [5.41, 5.74) is -0.451. The Kier molecular flexibility index (Phi) is 5.05. The third-order valence-electron chi connectivity index (χ3n) is 4.23. The number of amides is 2. The Balaban J connectivity index is 2.27. The first-order chi connectivity index (χ1) is 11.5. The van der Waals surface area contributed by atoms with Crippen LogP contribution in [0.5, 0.6) is 0 Å². The first-order valence-corrected chi connectivity index (χ1v) is 7.48. The predicted molar refractivity (Wildman–Crippen MR) is 80.3 cm³/mol. The molecule has 1 aliphatic rings. The molecular weight excluding hydrogens is 341 g/mol. The largest absolute Gasteiger partial charge is 0.480 e. The maximum absolute atomic E-state index is 12.7. The molecule has 1 aromatic carbocycles. The fourth-order valence-corrected chi connectivity index (χ4v) is 2.81. The molecule has 1 saturated heterocycles. The first kappa shape index (κ1) is 18.8. The second kappa shape index (κ2) is 6.73. The summed E-state index contributed by atoms with van der Waals surface area (Å²) in [4.78, 5) is 36.4. The Morgan fingerprint density at radius 2 is 1.84 bits per heavy atom. The third-order valence-corrected chi connectivity index (χ3v) is 4.23. The van der Waals surface area contributed by atoms with E-state index in [1.165, 1.54) is 31.0 Å². The second-order valence-corrected chi connectivity index (χ2v) is 5.95. The average Bonchev–Trinajstić information content (AvgIpc) is 2.82. The van der Waals surface area contributed by atoms with Crippen molar-refractivity contribution < 1.29 is 32.7 Å². The Morgan fingerprint density at radius 3 is 2.32 bits per heavy atom. The lowest BCUT2D eigenvalue weighted by Crippen LogP contribution is -2.43. The molecular formula is C16H17F3N2O4. The molecule has 0 bridgehead atoms. The highest BCUT2D eigenvalue weighted by atomic mass is 19.4. The van der Waals surface area contributed by atoms with Gasteiger partial charge in [0.1, 0.15) is 6.04 Å². The van der Waals surface area contributed by atoms with Crippen LogP contribution in [0.3, 0.4) is 0 Å². The molecule has 2 amide bonds. The molecule has 1 aliphatic heterocycles. The number of aliphatic carboxylic acids is 1. The van der Waals surface area contributed by atoms with Crippen LogP contribution in [0.2, 0.25) is 0 Å². The van der Waals surface area contributed by atoms with Gasteiger partial charge in [-0.3, -0.25) is 14.4 Å². The van der Waals surface area contributed by atoms with Crippen molar-refractivity contribution in [2.24, 2.45) is 5.92 Å². The van der Waals surface area contributed by atoms with Crippen LogP contribution in [0, 0.1) is 5.92 Å². The summed E-state index contributed by atoms with van der Waals surface area (Å²) in [6.07, 6.45) is -4.62. The predicted octanol–water partition coefficient (Wildman–Crippen LogP) is 1.81. The number of carbonyl (C=O) groups is 3. The first-order valence-electron chi connectivity index (χ1n) is 7.48. The van der Waals surface area contributed by atoms with Crippen molar-refractivity contribution in [2.75, 3.05) is 7.05 Å². The molecule has 0 saturated carbocycles. The minimum Gasteiger partial charge on any atom is -0.480 e. The number of carbonyl (C=O) groups excluding carboxylic acids is 2. The molecule has 2 N–H and O–H groups in total. The number of nitrogens with zero attached hydrogens (tertiary/aromatic N) is 1. The Hall–Kier alpha value is -2.58. The molecule has 1 aromatic rings. The number of alkyl halides is 3.